The molecule has 0 unspecified atom stereocenters. The summed E-state index contributed by atoms with van der Waals surface area (Å²) in [4.78, 5) is 0. The zero-order chi connectivity index (χ0) is 12.3. The van der Waals surface area contributed by atoms with Crippen LogP contribution in [0.1, 0.15) is 43.4 Å². The van der Waals surface area contributed by atoms with Gasteiger partial charge in [-0.1, -0.05) is 31.5 Å². The van der Waals surface area contributed by atoms with Crippen LogP contribution in [0, 0.1) is 18.3 Å². The normalized spacial score (nSPS) is 11.7. The molecule has 0 spiro atoms. The SMILES string of the molecule is C/C(=C\C#N)c1cc(C)c(C(C)C)c(Cl)c1. The van der Waals surface area contributed by atoms with Gasteiger partial charge < -0.3 is 0 Å². The Kier molecular flexibility index (Phi) is 4.15. The summed E-state index contributed by atoms with van der Waals surface area (Å²) in [5.41, 5.74) is 4.34. The van der Waals surface area contributed by atoms with Gasteiger partial charge in [0, 0.05) is 11.1 Å². The van der Waals surface area contributed by atoms with Crippen LogP contribution in [-0.4, -0.2) is 0 Å². The summed E-state index contributed by atoms with van der Waals surface area (Å²) >= 11 is 6.26. The zero-order valence-electron chi connectivity index (χ0n) is 10.1. The quantitative estimate of drug-likeness (QED) is 0.680. The summed E-state index contributed by atoms with van der Waals surface area (Å²) in [7, 11) is 0. The summed E-state index contributed by atoms with van der Waals surface area (Å²) in [5.74, 6) is 0.418. The first-order valence-corrected chi connectivity index (χ1v) is 5.72. The number of halogens is 1. The molecule has 1 nitrogen and oxygen atoms in total. The lowest BCUT2D eigenvalue weighted by Crippen LogP contribution is -1.95. The molecule has 0 saturated heterocycles. The number of allylic oxidation sites excluding steroid dienone is 2. The highest BCUT2D eigenvalue weighted by Crippen LogP contribution is 2.31. The predicted molar refractivity (Wildman–Crippen MR) is 69.5 cm³/mol. The maximum atomic E-state index is 8.62. The van der Waals surface area contributed by atoms with Gasteiger partial charge in [0.1, 0.15) is 0 Å². The molecule has 0 N–H and O–H groups in total. The number of benzene rings is 1. The highest BCUT2D eigenvalue weighted by molar-refractivity contribution is 6.31. The van der Waals surface area contributed by atoms with Crippen LogP contribution in [0.2, 0.25) is 5.02 Å². The maximum Gasteiger partial charge on any atom is 0.0915 e. The summed E-state index contributed by atoms with van der Waals surface area (Å²) in [5, 5.41) is 9.41. The second kappa shape index (κ2) is 5.18. The first-order chi connectivity index (χ1) is 7.47. The van der Waals surface area contributed by atoms with Crippen molar-refractivity contribution in [3.8, 4) is 6.07 Å². The molecule has 0 fully saturated rings. The highest BCUT2D eigenvalue weighted by atomic mass is 35.5. The minimum absolute atomic E-state index is 0.418. The van der Waals surface area contributed by atoms with Gasteiger partial charge in [0.2, 0.25) is 0 Å². The molecule has 0 bridgehead atoms. The monoisotopic (exact) mass is 233 g/mol. The standard InChI is InChI=1S/C14H16ClN/c1-9(2)14-11(4)7-12(8-13(14)15)10(3)5-6-16/h5,7-9H,1-4H3/b10-5+. The van der Waals surface area contributed by atoms with Crippen molar-refractivity contribution in [1.29, 1.82) is 5.26 Å². The molecule has 0 aromatic heterocycles. The number of rotatable bonds is 2. The topological polar surface area (TPSA) is 23.8 Å². The molecule has 0 saturated carbocycles. The molecule has 16 heavy (non-hydrogen) atoms. The summed E-state index contributed by atoms with van der Waals surface area (Å²) in [6.45, 7) is 8.24. The maximum absolute atomic E-state index is 8.62. The molecule has 84 valence electrons. The Morgan fingerprint density at radius 3 is 2.50 bits per heavy atom. The van der Waals surface area contributed by atoms with E-state index in [2.05, 4.69) is 26.8 Å². The van der Waals surface area contributed by atoms with E-state index in [1.807, 2.05) is 19.1 Å². The van der Waals surface area contributed by atoms with E-state index in [-0.39, 0.29) is 0 Å². The van der Waals surface area contributed by atoms with E-state index in [0.29, 0.717) is 5.92 Å². The highest BCUT2D eigenvalue weighted by Gasteiger charge is 2.10. The average Bonchev–Trinajstić information content (AvgIpc) is 2.16. The lowest BCUT2D eigenvalue weighted by molar-refractivity contribution is 0.856. The van der Waals surface area contributed by atoms with Gasteiger partial charge in [-0.2, -0.15) is 5.26 Å². The van der Waals surface area contributed by atoms with E-state index < -0.39 is 0 Å². The molecule has 2 heteroatoms. The minimum atomic E-state index is 0.418. The molecule has 0 aliphatic heterocycles. The largest absolute Gasteiger partial charge is 0.193 e. The molecule has 1 aromatic carbocycles. The van der Waals surface area contributed by atoms with E-state index >= 15 is 0 Å². The number of hydrogen-bond donors (Lipinski definition) is 0. The van der Waals surface area contributed by atoms with Crippen LogP contribution >= 0.6 is 11.6 Å². The Morgan fingerprint density at radius 2 is 2.06 bits per heavy atom. The zero-order valence-corrected chi connectivity index (χ0v) is 10.9. The smallest absolute Gasteiger partial charge is 0.0915 e. The van der Waals surface area contributed by atoms with Crippen molar-refractivity contribution in [3.05, 3.63) is 39.9 Å². The van der Waals surface area contributed by atoms with Crippen LogP contribution < -0.4 is 0 Å². The van der Waals surface area contributed by atoms with Gasteiger partial charge in [0.25, 0.3) is 0 Å². The second-order valence-electron chi connectivity index (χ2n) is 4.30. The third-order valence-electron chi connectivity index (χ3n) is 2.65. The number of nitrogens with zero attached hydrogens (tertiary/aromatic N) is 1. The van der Waals surface area contributed by atoms with Crippen LogP contribution in [0.25, 0.3) is 5.57 Å². The van der Waals surface area contributed by atoms with Crippen molar-refractivity contribution in [2.45, 2.75) is 33.6 Å². The van der Waals surface area contributed by atoms with Crippen LogP contribution in [-0.2, 0) is 0 Å². The Hall–Kier alpha value is -1.26. The van der Waals surface area contributed by atoms with Gasteiger partial charge in [-0.15, -0.1) is 0 Å². The van der Waals surface area contributed by atoms with Crippen molar-refractivity contribution >= 4 is 17.2 Å². The van der Waals surface area contributed by atoms with Crippen LogP contribution in [0.5, 0.6) is 0 Å². The van der Waals surface area contributed by atoms with E-state index in [4.69, 9.17) is 16.9 Å². The van der Waals surface area contributed by atoms with E-state index in [9.17, 15) is 0 Å². The van der Waals surface area contributed by atoms with Crippen molar-refractivity contribution < 1.29 is 0 Å². The van der Waals surface area contributed by atoms with Crippen molar-refractivity contribution in [1.82, 2.24) is 0 Å². The number of nitriles is 1. The molecule has 0 heterocycles. The molecule has 0 aliphatic carbocycles. The van der Waals surface area contributed by atoms with Gasteiger partial charge in [-0.3, -0.25) is 0 Å². The van der Waals surface area contributed by atoms with Gasteiger partial charge in [0.05, 0.1) is 6.07 Å². The Labute approximate surface area is 102 Å². The lowest BCUT2D eigenvalue weighted by Gasteiger charge is -2.14. The number of hydrogen-bond acceptors (Lipinski definition) is 1. The molecular weight excluding hydrogens is 218 g/mol. The Bertz CT molecular complexity index is 441. The minimum Gasteiger partial charge on any atom is -0.193 e. The molecule has 0 amide bonds. The predicted octanol–water partition coefficient (Wildman–Crippen LogP) is 4.70. The van der Waals surface area contributed by atoms with Crippen LogP contribution in [0.15, 0.2) is 18.2 Å². The summed E-state index contributed by atoms with van der Waals surface area (Å²) in [6, 6.07) is 6.06. The van der Waals surface area contributed by atoms with Crippen molar-refractivity contribution in [2.24, 2.45) is 0 Å². The second-order valence-corrected chi connectivity index (χ2v) is 4.71. The fourth-order valence-electron chi connectivity index (χ4n) is 1.89. The van der Waals surface area contributed by atoms with Crippen molar-refractivity contribution in [3.63, 3.8) is 0 Å². The molecule has 1 aromatic rings. The lowest BCUT2D eigenvalue weighted by atomic mass is 9.94. The fraction of sp³-hybridized carbons (Fsp3) is 0.357. The third-order valence-corrected chi connectivity index (χ3v) is 2.96. The van der Waals surface area contributed by atoms with E-state index in [1.165, 1.54) is 11.1 Å². The third kappa shape index (κ3) is 2.65. The van der Waals surface area contributed by atoms with Gasteiger partial charge in [0.15, 0.2) is 0 Å². The van der Waals surface area contributed by atoms with Crippen molar-refractivity contribution in [2.75, 3.05) is 0 Å². The molecule has 0 atom stereocenters. The Balaban J connectivity index is 3.31. The fourth-order valence-corrected chi connectivity index (χ4v) is 2.38. The first-order valence-electron chi connectivity index (χ1n) is 5.34. The number of aryl methyl sites for hydroxylation is 1. The Morgan fingerprint density at radius 1 is 1.44 bits per heavy atom. The molecular formula is C14H16ClN. The average molecular weight is 234 g/mol. The first kappa shape index (κ1) is 12.8. The molecule has 0 aliphatic rings. The van der Waals surface area contributed by atoms with Gasteiger partial charge >= 0.3 is 0 Å². The van der Waals surface area contributed by atoms with Gasteiger partial charge in [-0.05, 0) is 48.1 Å². The molecule has 0 radical (unpaired) electrons. The van der Waals surface area contributed by atoms with Gasteiger partial charge in [-0.25, -0.2) is 0 Å². The summed E-state index contributed by atoms with van der Waals surface area (Å²) < 4.78 is 0. The molecule has 1 rings (SSSR count). The van der Waals surface area contributed by atoms with E-state index in [0.717, 1.165) is 16.2 Å². The summed E-state index contributed by atoms with van der Waals surface area (Å²) in [6.07, 6.45) is 1.54. The van der Waals surface area contributed by atoms with E-state index in [1.54, 1.807) is 6.08 Å². The van der Waals surface area contributed by atoms with Crippen LogP contribution in [0.4, 0.5) is 0 Å². The van der Waals surface area contributed by atoms with Crippen LogP contribution in [0.3, 0.4) is 0 Å².